The van der Waals surface area contributed by atoms with Gasteiger partial charge in [-0.3, -0.25) is 4.79 Å². The average molecular weight is 254 g/mol. The van der Waals surface area contributed by atoms with Crippen LogP contribution in [-0.2, 0) is 4.74 Å². The number of methoxy groups -OCH3 is 1. The lowest BCUT2D eigenvalue weighted by Crippen LogP contribution is -2.38. The number of nitrogen functional groups attached to an aromatic ring is 1. The van der Waals surface area contributed by atoms with Crippen LogP contribution in [0, 0.1) is 0 Å². The molecule has 0 saturated carbocycles. The van der Waals surface area contributed by atoms with Crippen molar-refractivity contribution in [2.75, 3.05) is 26.1 Å². The summed E-state index contributed by atoms with van der Waals surface area (Å²) in [7, 11) is 1.52. The van der Waals surface area contributed by atoms with Crippen LogP contribution >= 0.6 is 0 Å². The molecule has 0 radical (unpaired) electrons. The Kier molecular flexibility index (Phi) is 5.41. The Hall–Kier alpha value is -1.79. The lowest BCUT2D eigenvalue weighted by atomic mass is 10.1. The molecule has 100 valence electrons. The van der Waals surface area contributed by atoms with Gasteiger partial charge < -0.3 is 26.0 Å². The second kappa shape index (κ2) is 6.83. The van der Waals surface area contributed by atoms with Crippen molar-refractivity contribution < 1.29 is 19.7 Å². The summed E-state index contributed by atoms with van der Waals surface area (Å²) in [6.07, 6.45) is 0.403. The van der Waals surface area contributed by atoms with E-state index < -0.39 is 0 Å². The monoisotopic (exact) mass is 254 g/mol. The molecule has 0 fully saturated rings. The number of hydrogen-bond acceptors (Lipinski definition) is 5. The highest BCUT2D eigenvalue weighted by Crippen LogP contribution is 2.20. The number of anilines is 1. The molecule has 0 bridgehead atoms. The molecule has 0 aromatic heterocycles. The van der Waals surface area contributed by atoms with Crippen molar-refractivity contribution in [1.29, 1.82) is 0 Å². The van der Waals surface area contributed by atoms with E-state index >= 15 is 0 Å². The molecule has 0 aliphatic rings. The van der Waals surface area contributed by atoms with Gasteiger partial charge in [-0.1, -0.05) is 0 Å². The fourth-order valence-corrected chi connectivity index (χ4v) is 1.51. The topological polar surface area (TPSA) is 105 Å². The van der Waals surface area contributed by atoms with E-state index in [0.717, 1.165) is 0 Å². The maximum Gasteiger partial charge on any atom is 0.251 e. The number of rotatable bonds is 6. The third kappa shape index (κ3) is 3.90. The molecule has 1 rings (SSSR count). The Bertz CT molecular complexity index is 403. The lowest BCUT2D eigenvalue weighted by molar-refractivity contribution is 0.0878. The predicted molar refractivity (Wildman–Crippen MR) is 67.4 cm³/mol. The Balaban J connectivity index is 2.70. The average Bonchev–Trinajstić information content (AvgIpc) is 2.33. The number of benzene rings is 1. The molecule has 5 N–H and O–H groups in total. The summed E-state index contributed by atoms with van der Waals surface area (Å²) in [5.41, 5.74) is 5.97. The number of aromatic hydroxyl groups is 1. The minimum Gasteiger partial charge on any atom is -0.506 e. The zero-order valence-electron chi connectivity index (χ0n) is 10.2. The van der Waals surface area contributed by atoms with Crippen molar-refractivity contribution in [1.82, 2.24) is 5.32 Å². The van der Waals surface area contributed by atoms with Gasteiger partial charge >= 0.3 is 0 Å². The number of hydrogen-bond donors (Lipinski definition) is 4. The Labute approximate surface area is 105 Å². The van der Waals surface area contributed by atoms with Gasteiger partial charge in [0.1, 0.15) is 5.75 Å². The van der Waals surface area contributed by atoms with Gasteiger partial charge in [-0.05, 0) is 24.6 Å². The number of nitrogens with one attached hydrogen (secondary N) is 1. The fraction of sp³-hybridized carbons (Fsp3) is 0.417. The molecule has 0 saturated heterocycles. The second-order valence-corrected chi connectivity index (χ2v) is 3.91. The maximum atomic E-state index is 11.9. The van der Waals surface area contributed by atoms with E-state index in [4.69, 9.17) is 15.6 Å². The third-order valence-corrected chi connectivity index (χ3v) is 2.47. The first-order valence-electron chi connectivity index (χ1n) is 5.57. The van der Waals surface area contributed by atoms with Crippen LogP contribution in [0.5, 0.6) is 5.75 Å². The van der Waals surface area contributed by atoms with Crippen LogP contribution in [0.25, 0.3) is 0 Å². The van der Waals surface area contributed by atoms with E-state index in [2.05, 4.69) is 5.32 Å². The zero-order chi connectivity index (χ0) is 13.5. The number of carbonyl (C=O) groups is 1. The van der Waals surface area contributed by atoms with Crippen LogP contribution in [0.2, 0.25) is 0 Å². The number of nitrogens with two attached hydrogens (primary N) is 1. The molecule has 1 aromatic carbocycles. The summed E-state index contributed by atoms with van der Waals surface area (Å²) in [4.78, 5) is 11.9. The molecule has 1 atom stereocenters. The molecule has 1 aromatic rings. The molecular weight excluding hydrogens is 236 g/mol. The van der Waals surface area contributed by atoms with Crippen LogP contribution in [0.1, 0.15) is 16.8 Å². The molecule has 6 heteroatoms. The summed E-state index contributed by atoms with van der Waals surface area (Å²) in [6.45, 7) is 0.272. The van der Waals surface area contributed by atoms with E-state index in [-0.39, 0.29) is 30.0 Å². The minimum absolute atomic E-state index is 0.0404. The molecule has 0 heterocycles. The van der Waals surface area contributed by atoms with Gasteiger partial charge in [0.2, 0.25) is 0 Å². The number of ether oxygens (including phenoxy) is 1. The van der Waals surface area contributed by atoms with Crippen LogP contribution in [0.4, 0.5) is 5.69 Å². The molecular formula is C12H18N2O4. The maximum absolute atomic E-state index is 11.9. The van der Waals surface area contributed by atoms with Crippen molar-refractivity contribution in [2.45, 2.75) is 12.5 Å². The number of carbonyl (C=O) groups excluding carboxylic acids is 1. The van der Waals surface area contributed by atoms with Crippen LogP contribution in [-0.4, -0.2) is 42.5 Å². The number of amides is 1. The molecule has 1 amide bonds. The standard InChI is InChI=1S/C12H18N2O4/c1-18-7-9(4-5-15)14-12(17)8-2-3-10(13)11(16)6-8/h2-3,6,9,15-16H,4-5,7,13H2,1H3,(H,14,17). The van der Waals surface area contributed by atoms with E-state index in [0.29, 0.717) is 18.6 Å². The number of phenolic OH excluding ortho intramolecular Hbond substituents is 1. The summed E-state index contributed by atoms with van der Waals surface area (Å²) in [5.74, 6) is -0.478. The predicted octanol–water partition coefficient (Wildman–Crippen LogP) is 0.102. The van der Waals surface area contributed by atoms with Crippen molar-refractivity contribution in [3.05, 3.63) is 23.8 Å². The molecule has 0 aliphatic carbocycles. The van der Waals surface area contributed by atoms with E-state index in [9.17, 15) is 9.90 Å². The molecule has 1 unspecified atom stereocenters. The van der Waals surface area contributed by atoms with Crippen molar-refractivity contribution in [2.24, 2.45) is 0 Å². The highest BCUT2D eigenvalue weighted by atomic mass is 16.5. The van der Waals surface area contributed by atoms with Gasteiger partial charge in [0.25, 0.3) is 5.91 Å². The quantitative estimate of drug-likeness (QED) is 0.426. The smallest absolute Gasteiger partial charge is 0.251 e. The Morgan fingerprint density at radius 2 is 2.28 bits per heavy atom. The summed E-state index contributed by atoms with van der Waals surface area (Å²) in [5, 5.41) is 21.0. The van der Waals surface area contributed by atoms with Crippen molar-refractivity contribution in [3.8, 4) is 5.75 Å². The van der Waals surface area contributed by atoms with E-state index in [1.807, 2.05) is 0 Å². The van der Waals surface area contributed by atoms with Crippen molar-refractivity contribution >= 4 is 11.6 Å². The van der Waals surface area contributed by atoms with Gasteiger partial charge in [0.05, 0.1) is 18.3 Å². The first kappa shape index (κ1) is 14.3. The van der Waals surface area contributed by atoms with Gasteiger partial charge in [-0.2, -0.15) is 0 Å². The van der Waals surface area contributed by atoms with Gasteiger partial charge in [-0.25, -0.2) is 0 Å². The van der Waals surface area contributed by atoms with Gasteiger partial charge in [0.15, 0.2) is 0 Å². The fourth-order valence-electron chi connectivity index (χ4n) is 1.51. The zero-order valence-corrected chi connectivity index (χ0v) is 10.2. The molecule has 0 spiro atoms. The Morgan fingerprint density at radius 1 is 1.56 bits per heavy atom. The van der Waals surface area contributed by atoms with Crippen molar-refractivity contribution in [3.63, 3.8) is 0 Å². The highest BCUT2D eigenvalue weighted by molar-refractivity contribution is 5.95. The van der Waals surface area contributed by atoms with Gasteiger partial charge in [0, 0.05) is 19.3 Å². The van der Waals surface area contributed by atoms with E-state index in [1.54, 1.807) is 0 Å². The summed E-state index contributed by atoms with van der Waals surface area (Å²) < 4.78 is 4.94. The SMILES string of the molecule is COCC(CCO)NC(=O)c1ccc(N)c(O)c1. The van der Waals surface area contributed by atoms with Gasteiger partial charge in [-0.15, -0.1) is 0 Å². The molecule has 6 nitrogen and oxygen atoms in total. The summed E-state index contributed by atoms with van der Waals surface area (Å²) in [6, 6.07) is 4.01. The van der Waals surface area contributed by atoms with Crippen LogP contribution in [0.15, 0.2) is 18.2 Å². The highest BCUT2D eigenvalue weighted by Gasteiger charge is 2.14. The third-order valence-electron chi connectivity index (χ3n) is 2.47. The molecule has 18 heavy (non-hydrogen) atoms. The van der Waals surface area contributed by atoms with E-state index in [1.165, 1.54) is 25.3 Å². The Morgan fingerprint density at radius 3 is 2.83 bits per heavy atom. The number of phenols is 1. The summed E-state index contributed by atoms with van der Waals surface area (Å²) >= 11 is 0. The van der Waals surface area contributed by atoms with Crippen LogP contribution in [0.3, 0.4) is 0 Å². The normalized spacial score (nSPS) is 12.1. The van der Waals surface area contributed by atoms with Crippen LogP contribution < -0.4 is 11.1 Å². The second-order valence-electron chi connectivity index (χ2n) is 3.91. The first-order chi connectivity index (χ1) is 8.58. The molecule has 0 aliphatic heterocycles. The lowest BCUT2D eigenvalue weighted by Gasteiger charge is -2.17. The minimum atomic E-state index is -0.346. The first-order valence-corrected chi connectivity index (χ1v) is 5.57. The largest absolute Gasteiger partial charge is 0.506 e. The number of aliphatic hydroxyl groups is 1. The number of aliphatic hydroxyl groups excluding tert-OH is 1.